The molecule has 1 aliphatic heterocycles. The zero-order chi connectivity index (χ0) is 16.4. The first-order valence-corrected chi connectivity index (χ1v) is 7.61. The molecule has 2 aromatic rings. The van der Waals surface area contributed by atoms with Gasteiger partial charge in [-0.3, -0.25) is 9.69 Å². The summed E-state index contributed by atoms with van der Waals surface area (Å²) in [7, 11) is 0. The van der Waals surface area contributed by atoms with Gasteiger partial charge in [-0.15, -0.1) is 0 Å². The monoisotopic (exact) mass is 350 g/mol. The highest BCUT2D eigenvalue weighted by atomic mass is 35.5. The maximum absolute atomic E-state index is 12.3. The van der Waals surface area contributed by atoms with E-state index in [1.54, 1.807) is 42.5 Å². The van der Waals surface area contributed by atoms with Crippen molar-refractivity contribution in [3.05, 3.63) is 58.1 Å². The molecule has 1 heterocycles. The number of amides is 2. The average molecular weight is 351 g/mol. The van der Waals surface area contributed by atoms with E-state index >= 15 is 0 Å². The van der Waals surface area contributed by atoms with Crippen LogP contribution in [-0.2, 0) is 4.74 Å². The van der Waals surface area contributed by atoms with E-state index in [4.69, 9.17) is 27.9 Å². The molecule has 1 fully saturated rings. The lowest BCUT2D eigenvalue weighted by Crippen LogP contribution is -2.23. The van der Waals surface area contributed by atoms with Gasteiger partial charge in [-0.25, -0.2) is 4.79 Å². The molecule has 3 rings (SSSR count). The van der Waals surface area contributed by atoms with Crippen molar-refractivity contribution in [3.63, 3.8) is 0 Å². The topological polar surface area (TPSA) is 58.6 Å². The highest BCUT2D eigenvalue weighted by Crippen LogP contribution is 2.27. The highest BCUT2D eigenvalue weighted by Gasteiger charge is 2.23. The van der Waals surface area contributed by atoms with Crippen LogP contribution in [0.5, 0.6) is 0 Å². The summed E-state index contributed by atoms with van der Waals surface area (Å²) < 4.78 is 4.91. The van der Waals surface area contributed by atoms with Gasteiger partial charge >= 0.3 is 6.09 Å². The van der Waals surface area contributed by atoms with Crippen LogP contribution < -0.4 is 10.2 Å². The predicted octanol–water partition coefficient (Wildman–Crippen LogP) is 4.20. The van der Waals surface area contributed by atoms with Crippen LogP contribution in [-0.4, -0.2) is 25.2 Å². The normalized spacial score (nSPS) is 13.8. The number of nitrogens with zero attached hydrogens (tertiary/aromatic N) is 1. The number of hydrogen-bond donors (Lipinski definition) is 1. The number of cyclic esters (lactones) is 1. The smallest absolute Gasteiger partial charge is 0.414 e. The molecule has 0 aromatic heterocycles. The Labute approximate surface area is 142 Å². The summed E-state index contributed by atoms with van der Waals surface area (Å²) in [5.41, 5.74) is 1.48. The predicted molar refractivity (Wildman–Crippen MR) is 89.6 cm³/mol. The van der Waals surface area contributed by atoms with Crippen molar-refractivity contribution in [2.24, 2.45) is 0 Å². The molecule has 7 heteroatoms. The third kappa shape index (κ3) is 3.25. The van der Waals surface area contributed by atoms with Gasteiger partial charge in [-0.1, -0.05) is 35.3 Å². The van der Waals surface area contributed by atoms with E-state index in [2.05, 4.69) is 5.32 Å². The van der Waals surface area contributed by atoms with Crippen LogP contribution in [0, 0.1) is 0 Å². The molecule has 23 heavy (non-hydrogen) atoms. The fraction of sp³-hybridized carbons (Fsp3) is 0.125. The van der Waals surface area contributed by atoms with E-state index in [-0.39, 0.29) is 16.5 Å². The molecule has 2 aromatic carbocycles. The summed E-state index contributed by atoms with van der Waals surface area (Å²) in [4.78, 5) is 25.4. The molecule has 1 N–H and O–H groups in total. The largest absolute Gasteiger partial charge is 0.447 e. The maximum atomic E-state index is 12.3. The highest BCUT2D eigenvalue weighted by molar-refractivity contribution is 6.44. The van der Waals surface area contributed by atoms with Gasteiger partial charge in [0.05, 0.1) is 22.2 Å². The molecule has 0 radical (unpaired) electrons. The first-order chi connectivity index (χ1) is 11.1. The molecule has 2 amide bonds. The Morgan fingerprint density at radius 2 is 1.96 bits per heavy atom. The van der Waals surface area contributed by atoms with Crippen LogP contribution >= 0.6 is 23.2 Å². The van der Waals surface area contributed by atoms with Gasteiger partial charge in [0, 0.05) is 11.4 Å². The van der Waals surface area contributed by atoms with E-state index in [0.29, 0.717) is 29.5 Å². The van der Waals surface area contributed by atoms with Gasteiger partial charge < -0.3 is 10.1 Å². The average Bonchev–Trinajstić information content (AvgIpc) is 2.96. The van der Waals surface area contributed by atoms with E-state index < -0.39 is 6.09 Å². The molecular formula is C16H12Cl2N2O3. The number of rotatable bonds is 3. The van der Waals surface area contributed by atoms with Crippen LogP contribution in [0.1, 0.15) is 10.4 Å². The van der Waals surface area contributed by atoms with E-state index in [9.17, 15) is 9.59 Å². The summed E-state index contributed by atoms with van der Waals surface area (Å²) in [5.74, 6) is -0.376. The third-order valence-corrected chi connectivity index (χ3v) is 4.19. The number of benzene rings is 2. The first-order valence-electron chi connectivity index (χ1n) is 6.86. The van der Waals surface area contributed by atoms with Crippen LogP contribution in [0.4, 0.5) is 16.2 Å². The van der Waals surface area contributed by atoms with E-state index in [1.807, 2.05) is 0 Å². The Morgan fingerprint density at radius 3 is 2.70 bits per heavy atom. The molecule has 0 aliphatic carbocycles. The molecule has 118 valence electrons. The third-order valence-electron chi connectivity index (χ3n) is 3.37. The number of carbonyl (C=O) groups excluding carboxylic acids is 2. The second-order valence-electron chi connectivity index (χ2n) is 4.87. The molecular weight excluding hydrogens is 339 g/mol. The molecule has 5 nitrogen and oxygen atoms in total. The van der Waals surface area contributed by atoms with Crippen LogP contribution in [0.25, 0.3) is 0 Å². The van der Waals surface area contributed by atoms with Gasteiger partial charge in [0.15, 0.2) is 0 Å². The minimum Gasteiger partial charge on any atom is -0.447 e. The van der Waals surface area contributed by atoms with Crippen LogP contribution in [0.2, 0.25) is 10.0 Å². The number of anilines is 2. The summed E-state index contributed by atoms with van der Waals surface area (Å²) in [5, 5.41) is 3.26. The molecule has 0 atom stereocenters. The molecule has 0 saturated carbocycles. The lowest BCUT2D eigenvalue weighted by molar-refractivity contribution is 0.102. The Balaban J connectivity index is 1.81. The number of ether oxygens (including phenoxy) is 1. The fourth-order valence-corrected chi connectivity index (χ4v) is 2.64. The van der Waals surface area contributed by atoms with Gasteiger partial charge in [-0.2, -0.15) is 0 Å². The minimum absolute atomic E-state index is 0.200. The van der Waals surface area contributed by atoms with Crippen molar-refractivity contribution >= 4 is 46.6 Å². The van der Waals surface area contributed by atoms with Crippen molar-refractivity contribution in [2.75, 3.05) is 23.4 Å². The second kappa shape index (κ2) is 6.48. The SMILES string of the molecule is O=C(Nc1cccc(N2CCOC2=O)c1)c1cccc(Cl)c1Cl. The van der Waals surface area contributed by atoms with Gasteiger partial charge in [0.1, 0.15) is 6.61 Å². The Morgan fingerprint density at radius 1 is 1.17 bits per heavy atom. The molecule has 1 aliphatic rings. The standard InChI is InChI=1S/C16H12Cl2N2O3/c17-13-6-2-5-12(14(13)18)15(21)19-10-3-1-4-11(9-10)20-7-8-23-16(20)22/h1-6,9H,7-8H2,(H,19,21). The first kappa shape index (κ1) is 15.6. The summed E-state index contributed by atoms with van der Waals surface area (Å²) in [6.07, 6.45) is -0.397. The Bertz CT molecular complexity index is 780. The van der Waals surface area contributed by atoms with Crippen molar-refractivity contribution in [2.45, 2.75) is 0 Å². The zero-order valence-corrected chi connectivity index (χ0v) is 13.4. The van der Waals surface area contributed by atoms with Crippen LogP contribution in [0.15, 0.2) is 42.5 Å². The number of halogens is 2. The van der Waals surface area contributed by atoms with Crippen molar-refractivity contribution in [1.82, 2.24) is 0 Å². The zero-order valence-electron chi connectivity index (χ0n) is 11.9. The lowest BCUT2D eigenvalue weighted by Gasteiger charge is -2.14. The quantitative estimate of drug-likeness (QED) is 0.902. The Hall–Kier alpha value is -2.24. The molecule has 0 bridgehead atoms. The molecule has 0 unspecified atom stereocenters. The van der Waals surface area contributed by atoms with Gasteiger partial charge in [0.25, 0.3) is 5.91 Å². The van der Waals surface area contributed by atoms with Gasteiger partial charge in [-0.05, 0) is 30.3 Å². The summed E-state index contributed by atoms with van der Waals surface area (Å²) in [6.45, 7) is 0.837. The fourth-order valence-electron chi connectivity index (χ4n) is 2.26. The molecule has 0 spiro atoms. The van der Waals surface area contributed by atoms with Gasteiger partial charge in [0.2, 0.25) is 0 Å². The maximum Gasteiger partial charge on any atom is 0.414 e. The van der Waals surface area contributed by atoms with Crippen LogP contribution in [0.3, 0.4) is 0 Å². The van der Waals surface area contributed by atoms with Crippen molar-refractivity contribution < 1.29 is 14.3 Å². The van der Waals surface area contributed by atoms with Crippen molar-refractivity contribution in [3.8, 4) is 0 Å². The number of nitrogens with one attached hydrogen (secondary N) is 1. The molecule has 1 saturated heterocycles. The van der Waals surface area contributed by atoms with E-state index in [0.717, 1.165) is 0 Å². The number of hydrogen-bond acceptors (Lipinski definition) is 3. The van der Waals surface area contributed by atoms with Crippen molar-refractivity contribution in [1.29, 1.82) is 0 Å². The second-order valence-corrected chi connectivity index (χ2v) is 5.66. The lowest BCUT2D eigenvalue weighted by atomic mass is 10.2. The summed E-state index contributed by atoms with van der Waals surface area (Å²) >= 11 is 12.0. The number of carbonyl (C=O) groups is 2. The summed E-state index contributed by atoms with van der Waals surface area (Å²) in [6, 6.07) is 11.8. The Kier molecular flexibility index (Phi) is 4.41. The minimum atomic E-state index is -0.397. The van der Waals surface area contributed by atoms with E-state index in [1.165, 1.54) is 4.90 Å².